The maximum Gasteiger partial charge on any atom is 0.308 e. The average Bonchev–Trinajstić information content (AvgIpc) is 3.07. The number of hydrogen-bond donors (Lipinski definition) is 1. The molecule has 0 aromatic carbocycles. The summed E-state index contributed by atoms with van der Waals surface area (Å²) < 4.78 is 5.18. The van der Waals surface area contributed by atoms with Crippen molar-refractivity contribution in [1.29, 1.82) is 0 Å². The summed E-state index contributed by atoms with van der Waals surface area (Å²) >= 11 is 0. The first-order valence-corrected chi connectivity index (χ1v) is 6.44. The number of rotatable bonds is 4. The molecule has 0 bridgehead atoms. The van der Waals surface area contributed by atoms with Gasteiger partial charge in [-0.1, -0.05) is 0 Å². The van der Waals surface area contributed by atoms with E-state index in [1.54, 1.807) is 18.7 Å². The number of carbonyl (C=O) groups is 2. The third kappa shape index (κ3) is 2.36. The monoisotopic (exact) mass is 255 g/mol. The van der Waals surface area contributed by atoms with Crippen molar-refractivity contribution in [3.63, 3.8) is 0 Å². The van der Waals surface area contributed by atoms with Crippen LogP contribution in [0.1, 0.15) is 26.7 Å². The van der Waals surface area contributed by atoms with E-state index in [-0.39, 0.29) is 11.8 Å². The van der Waals surface area contributed by atoms with Gasteiger partial charge < -0.3 is 14.7 Å². The van der Waals surface area contributed by atoms with Crippen LogP contribution in [-0.2, 0) is 14.3 Å². The van der Waals surface area contributed by atoms with Crippen LogP contribution in [0.2, 0.25) is 0 Å². The smallest absolute Gasteiger partial charge is 0.308 e. The van der Waals surface area contributed by atoms with E-state index < -0.39 is 17.5 Å². The van der Waals surface area contributed by atoms with E-state index in [2.05, 4.69) is 0 Å². The molecule has 2 rings (SSSR count). The number of aliphatic carboxylic acids is 1. The molecule has 1 saturated carbocycles. The Kier molecular flexibility index (Phi) is 3.36. The van der Waals surface area contributed by atoms with E-state index >= 15 is 0 Å². The van der Waals surface area contributed by atoms with E-state index in [9.17, 15) is 14.7 Å². The highest BCUT2D eigenvalue weighted by Gasteiger charge is 2.48. The second kappa shape index (κ2) is 4.53. The summed E-state index contributed by atoms with van der Waals surface area (Å²) in [7, 11) is 1.50. The summed E-state index contributed by atoms with van der Waals surface area (Å²) in [5.41, 5.74) is -0.874. The summed E-state index contributed by atoms with van der Waals surface area (Å²) in [6.07, 6.45) is 2.20. The lowest BCUT2D eigenvalue weighted by Gasteiger charge is -2.28. The van der Waals surface area contributed by atoms with Crippen LogP contribution < -0.4 is 0 Å². The third-order valence-corrected chi connectivity index (χ3v) is 4.22. The Labute approximate surface area is 107 Å². The van der Waals surface area contributed by atoms with Crippen LogP contribution in [-0.4, -0.2) is 47.7 Å². The molecular weight excluding hydrogens is 234 g/mol. The van der Waals surface area contributed by atoms with Crippen LogP contribution in [0.3, 0.4) is 0 Å². The molecule has 0 radical (unpaired) electrons. The first-order valence-electron chi connectivity index (χ1n) is 6.44. The van der Waals surface area contributed by atoms with E-state index in [1.807, 2.05) is 0 Å². The van der Waals surface area contributed by atoms with Gasteiger partial charge in [-0.15, -0.1) is 0 Å². The zero-order valence-corrected chi connectivity index (χ0v) is 11.2. The summed E-state index contributed by atoms with van der Waals surface area (Å²) in [4.78, 5) is 25.2. The first kappa shape index (κ1) is 13.3. The van der Waals surface area contributed by atoms with E-state index in [4.69, 9.17) is 4.74 Å². The van der Waals surface area contributed by atoms with Gasteiger partial charge in [-0.3, -0.25) is 9.59 Å². The number of ether oxygens (including phenoxy) is 1. The van der Waals surface area contributed by atoms with Gasteiger partial charge in [0.15, 0.2) is 0 Å². The standard InChI is InChI=1S/C13H21NO4/c1-13(2,18-3)12(17)14-6-9(8-4-5-8)10(7-14)11(15)16/h8-10H,4-7H2,1-3H3,(H,15,16)/t9-,10+/m1/s1. The molecule has 1 saturated heterocycles. The number of hydrogen-bond acceptors (Lipinski definition) is 3. The minimum absolute atomic E-state index is 0.112. The van der Waals surface area contributed by atoms with Crippen molar-refractivity contribution in [3.05, 3.63) is 0 Å². The van der Waals surface area contributed by atoms with Crippen molar-refractivity contribution in [2.24, 2.45) is 17.8 Å². The molecule has 5 nitrogen and oxygen atoms in total. The highest BCUT2D eigenvalue weighted by Crippen LogP contribution is 2.44. The number of carboxylic acid groups (broad SMARTS) is 1. The molecule has 1 aliphatic carbocycles. The van der Waals surface area contributed by atoms with Gasteiger partial charge in [0, 0.05) is 20.2 Å². The van der Waals surface area contributed by atoms with Crippen molar-refractivity contribution in [2.75, 3.05) is 20.2 Å². The molecule has 102 valence electrons. The number of likely N-dealkylation sites (tertiary alicyclic amines) is 1. The fourth-order valence-electron chi connectivity index (χ4n) is 2.73. The van der Waals surface area contributed by atoms with Crippen LogP contribution >= 0.6 is 0 Å². The molecule has 5 heteroatoms. The van der Waals surface area contributed by atoms with Gasteiger partial charge in [-0.05, 0) is 38.5 Å². The zero-order chi connectivity index (χ0) is 13.5. The molecule has 18 heavy (non-hydrogen) atoms. The maximum atomic E-state index is 12.3. The van der Waals surface area contributed by atoms with Crippen molar-refractivity contribution in [3.8, 4) is 0 Å². The quantitative estimate of drug-likeness (QED) is 0.813. The Morgan fingerprint density at radius 2 is 1.89 bits per heavy atom. The Bertz CT molecular complexity index is 362. The van der Waals surface area contributed by atoms with Gasteiger partial charge >= 0.3 is 5.97 Å². The molecule has 1 heterocycles. The lowest BCUT2D eigenvalue weighted by atomic mass is 9.92. The van der Waals surface area contributed by atoms with Crippen LogP contribution in [0.4, 0.5) is 0 Å². The number of amides is 1. The molecule has 1 N–H and O–H groups in total. The van der Waals surface area contributed by atoms with Crippen LogP contribution in [0.5, 0.6) is 0 Å². The lowest BCUT2D eigenvalue weighted by molar-refractivity contribution is -0.150. The van der Waals surface area contributed by atoms with Crippen LogP contribution in [0.25, 0.3) is 0 Å². The van der Waals surface area contributed by atoms with Crippen LogP contribution in [0.15, 0.2) is 0 Å². The van der Waals surface area contributed by atoms with Crippen molar-refractivity contribution < 1.29 is 19.4 Å². The molecule has 1 aliphatic heterocycles. The van der Waals surface area contributed by atoms with Gasteiger partial charge in [0.1, 0.15) is 5.60 Å². The van der Waals surface area contributed by atoms with Crippen molar-refractivity contribution >= 4 is 11.9 Å². The number of carbonyl (C=O) groups excluding carboxylic acids is 1. The number of nitrogens with zero attached hydrogens (tertiary/aromatic N) is 1. The fraction of sp³-hybridized carbons (Fsp3) is 0.846. The summed E-state index contributed by atoms with van der Waals surface area (Å²) in [5.74, 6) is -0.681. The minimum atomic E-state index is -0.874. The minimum Gasteiger partial charge on any atom is -0.481 e. The highest BCUT2D eigenvalue weighted by molar-refractivity contribution is 5.85. The lowest BCUT2D eigenvalue weighted by Crippen LogP contribution is -2.45. The summed E-state index contributed by atoms with van der Waals surface area (Å²) in [5, 5.41) is 9.25. The largest absolute Gasteiger partial charge is 0.481 e. The Morgan fingerprint density at radius 3 is 2.33 bits per heavy atom. The summed E-state index contributed by atoms with van der Waals surface area (Å²) in [6, 6.07) is 0. The fourth-order valence-corrected chi connectivity index (χ4v) is 2.73. The maximum absolute atomic E-state index is 12.3. The summed E-state index contributed by atoms with van der Waals surface area (Å²) in [6.45, 7) is 4.32. The number of methoxy groups -OCH3 is 1. The average molecular weight is 255 g/mol. The topological polar surface area (TPSA) is 66.8 Å². The molecule has 2 atom stereocenters. The first-order chi connectivity index (χ1) is 8.36. The van der Waals surface area contributed by atoms with Gasteiger partial charge in [0.2, 0.25) is 0 Å². The van der Waals surface area contributed by atoms with E-state index in [0.29, 0.717) is 19.0 Å². The van der Waals surface area contributed by atoms with Crippen molar-refractivity contribution in [1.82, 2.24) is 4.90 Å². The molecule has 1 amide bonds. The molecule has 0 spiro atoms. The van der Waals surface area contributed by atoms with Gasteiger partial charge in [0.05, 0.1) is 5.92 Å². The predicted octanol–water partition coefficient (Wildman–Crippen LogP) is 0.981. The Hall–Kier alpha value is -1.10. The number of carboxylic acids is 1. The molecule has 0 aromatic rings. The highest BCUT2D eigenvalue weighted by atomic mass is 16.5. The van der Waals surface area contributed by atoms with Gasteiger partial charge in [0.25, 0.3) is 5.91 Å². The molecule has 0 unspecified atom stereocenters. The third-order valence-electron chi connectivity index (χ3n) is 4.22. The Balaban J connectivity index is 2.08. The van der Waals surface area contributed by atoms with Crippen LogP contribution in [0, 0.1) is 17.8 Å². The second-order valence-corrected chi connectivity index (χ2v) is 5.87. The Morgan fingerprint density at radius 1 is 1.28 bits per heavy atom. The molecule has 2 aliphatic rings. The predicted molar refractivity (Wildman–Crippen MR) is 65.0 cm³/mol. The normalized spacial score (nSPS) is 28.5. The molecular formula is C13H21NO4. The SMILES string of the molecule is COC(C)(C)C(=O)N1C[C@H](C(=O)O)[C@@H](C2CC2)C1. The zero-order valence-electron chi connectivity index (χ0n) is 11.2. The van der Waals surface area contributed by atoms with Gasteiger partial charge in [-0.2, -0.15) is 0 Å². The molecule has 0 aromatic heterocycles. The second-order valence-electron chi connectivity index (χ2n) is 5.87. The van der Waals surface area contributed by atoms with Crippen molar-refractivity contribution in [2.45, 2.75) is 32.3 Å². The molecule has 2 fully saturated rings. The van der Waals surface area contributed by atoms with E-state index in [0.717, 1.165) is 12.8 Å². The van der Waals surface area contributed by atoms with Gasteiger partial charge in [-0.25, -0.2) is 0 Å². The van der Waals surface area contributed by atoms with E-state index in [1.165, 1.54) is 7.11 Å².